The number of hydrogen-bond donors (Lipinski definition) is 9. The fourth-order valence-electron chi connectivity index (χ4n) is 14.1. The van der Waals surface area contributed by atoms with Crippen LogP contribution in [0.4, 0.5) is 0 Å². The molecule has 0 aromatic carbocycles. The summed E-state index contributed by atoms with van der Waals surface area (Å²) in [6.45, 7) is 10.6. The Balaban J connectivity index is 0.834. The lowest BCUT2D eigenvalue weighted by molar-refractivity contribution is -0.378. The van der Waals surface area contributed by atoms with Crippen LogP contribution in [0.25, 0.3) is 0 Å². The highest BCUT2D eigenvalue weighted by Gasteiger charge is 2.69. The lowest BCUT2D eigenvalue weighted by Crippen LogP contribution is -2.66. The van der Waals surface area contributed by atoms with Crippen LogP contribution in [0.3, 0.4) is 0 Å². The highest BCUT2D eigenvalue weighted by molar-refractivity contribution is 5.26. The third kappa shape index (κ3) is 7.49. The summed E-state index contributed by atoms with van der Waals surface area (Å²) >= 11 is 0. The van der Waals surface area contributed by atoms with E-state index in [-0.39, 0.29) is 23.0 Å². The lowest BCUT2D eigenvalue weighted by Gasteiger charge is -2.58. The molecule has 62 heavy (non-hydrogen) atoms. The average Bonchev–Trinajstić information content (AvgIpc) is 3.70. The highest BCUT2D eigenvalue weighted by atomic mass is 16.8. The van der Waals surface area contributed by atoms with Gasteiger partial charge in [-0.25, -0.2) is 0 Å². The molecule has 1 spiro atoms. The number of fused-ring (bicyclic) bond motifs is 7. The maximum atomic E-state index is 11.6. The van der Waals surface area contributed by atoms with Crippen LogP contribution in [0.15, 0.2) is 11.6 Å². The zero-order valence-electron chi connectivity index (χ0n) is 36.6. The summed E-state index contributed by atoms with van der Waals surface area (Å²) in [6.07, 6.45) is -11.4. The minimum absolute atomic E-state index is 0.00992. The maximum Gasteiger partial charge on any atom is 0.187 e. The van der Waals surface area contributed by atoms with Crippen LogP contribution in [-0.4, -0.2) is 176 Å². The quantitative estimate of drug-likeness (QED) is 0.148. The second kappa shape index (κ2) is 17.3. The Bertz CT molecular complexity index is 1610. The Morgan fingerprint density at radius 2 is 1.34 bits per heavy atom. The Labute approximate surface area is 363 Å². The standard InChI is InChI=1S/C45H72O17/c1-19-8-13-45(55-18-19)20(2)30-27(62-45)15-26-24-7-6-22-14-23(9-11-43(22,4)25(24)10-12-44(26,30)5)57-42-37(54)39(32(49)29(17-47)59-42)61-40-36(53)34(51)38(21(3)56-40)60-41-35(52)33(50)31(48)28(16-46)58-41/h6,19-21,23-42,46-54H,7-18H2,1-5H3/t19-,20-,21-,23-,24+,25-,26-,27-,28+,29+,30-,31+,32+,33-,34-,35+,36+,37+,38-,39-,40-,41-,42+,43-,44-,45+/m0/s1. The fourth-order valence-corrected chi connectivity index (χ4v) is 14.1. The summed E-state index contributed by atoms with van der Waals surface area (Å²) in [5.74, 6) is 2.72. The van der Waals surface area contributed by atoms with E-state index in [1.165, 1.54) is 25.3 Å². The molecule has 9 rings (SSSR count). The smallest absolute Gasteiger partial charge is 0.187 e. The monoisotopic (exact) mass is 884 g/mol. The van der Waals surface area contributed by atoms with Gasteiger partial charge in [-0.2, -0.15) is 0 Å². The zero-order valence-corrected chi connectivity index (χ0v) is 36.6. The summed E-state index contributed by atoms with van der Waals surface area (Å²) in [6, 6.07) is 0. The van der Waals surface area contributed by atoms with E-state index in [0.29, 0.717) is 41.9 Å². The minimum atomic E-state index is -1.81. The van der Waals surface area contributed by atoms with Gasteiger partial charge in [0.05, 0.1) is 38.1 Å². The first-order valence-corrected chi connectivity index (χ1v) is 23.4. The topological polar surface area (TPSA) is 256 Å². The van der Waals surface area contributed by atoms with E-state index in [1.54, 1.807) is 0 Å². The first kappa shape index (κ1) is 46.2. The third-order valence-electron chi connectivity index (χ3n) is 17.7. The van der Waals surface area contributed by atoms with Crippen molar-refractivity contribution in [3.05, 3.63) is 11.6 Å². The molecular formula is C45H72O17. The van der Waals surface area contributed by atoms with Crippen LogP contribution in [0.5, 0.6) is 0 Å². The van der Waals surface area contributed by atoms with Crippen molar-refractivity contribution in [1.29, 1.82) is 0 Å². The van der Waals surface area contributed by atoms with Gasteiger partial charge in [0, 0.05) is 12.3 Å². The van der Waals surface area contributed by atoms with Crippen LogP contribution in [-0.2, 0) is 37.9 Å². The SMILES string of the molecule is C[C@H]1CC[C@@]2(OC1)O[C@H]1C[C@H]3[C@@H]4CC=C5C[C@@H](O[C@@H]6O[C@H](CO)[C@@H](O)[C@H](O[C@@H]7O[C@@H](C)[C@H](O[C@@H]8O[C@H](CO)[C@@H](O)[C@H](O)[C@H]8O)[C@@H](O)[C@H]7O)[C@H]6O)CC[C@]5(C)[C@H]4CC[C@]3(C)[C@H]1[C@@H]2C. The highest BCUT2D eigenvalue weighted by Crippen LogP contribution is 2.70. The Morgan fingerprint density at radius 1 is 0.677 bits per heavy atom. The summed E-state index contributed by atoms with van der Waals surface area (Å²) in [5, 5.41) is 95.7. The molecular weight excluding hydrogens is 812 g/mol. The Morgan fingerprint density at radius 3 is 2.03 bits per heavy atom. The predicted octanol–water partition coefficient (Wildman–Crippen LogP) is 0.214. The van der Waals surface area contributed by atoms with Gasteiger partial charge in [-0.3, -0.25) is 0 Å². The second-order valence-electron chi connectivity index (χ2n) is 21.1. The molecule has 0 aromatic rings. The third-order valence-corrected chi connectivity index (χ3v) is 17.7. The van der Waals surface area contributed by atoms with Crippen molar-refractivity contribution in [3.63, 3.8) is 0 Å². The lowest BCUT2D eigenvalue weighted by atomic mass is 9.47. The zero-order chi connectivity index (χ0) is 44.2. The molecule has 8 fully saturated rings. The molecule has 0 amide bonds. The molecule has 5 saturated heterocycles. The first-order chi connectivity index (χ1) is 29.4. The minimum Gasteiger partial charge on any atom is -0.394 e. The van der Waals surface area contributed by atoms with Crippen molar-refractivity contribution in [1.82, 2.24) is 0 Å². The molecule has 17 heteroatoms. The number of hydrogen-bond acceptors (Lipinski definition) is 17. The summed E-state index contributed by atoms with van der Waals surface area (Å²) < 4.78 is 48.9. The van der Waals surface area contributed by atoms with E-state index in [2.05, 4.69) is 33.8 Å². The number of allylic oxidation sites excluding steroid dienone is 1. The molecule has 0 aromatic heterocycles. The molecule has 9 aliphatic rings. The molecule has 17 nitrogen and oxygen atoms in total. The van der Waals surface area contributed by atoms with E-state index in [4.69, 9.17) is 37.9 Å². The number of rotatable bonds is 8. The van der Waals surface area contributed by atoms with Crippen LogP contribution in [0.1, 0.15) is 92.4 Å². The molecule has 26 atom stereocenters. The van der Waals surface area contributed by atoms with E-state index in [1.807, 2.05) is 0 Å². The van der Waals surface area contributed by atoms with Crippen molar-refractivity contribution in [2.24, 2.45) is 46.3 Å². The van der Waals surface area contributed by atoms with Gasteiger partial charge in [0.2, 0.25) is 0 Å². The molecule has 9 N–H and O–H groups in total. The fraction of sp³-hybridized carbons (Fsp3) is 0.956. The van der Waals surface area contributed by atoms with Gasteiger partial charge in [-0.05, 0) is 98.7 Å². The van der Waals surface area contributed by atoms with Gasteiger partial charge in [-0.1, -0.05) is 39.3 Å². The number of aliphatic hydroxyl groups is 9. The van der Waals surface area contributed by atoms with Gasteiger partial charge in [0.25, 0.3) is 0 Å². The van der Waals surface area contributed by atoms with E-state index >= 15 is 0 Å². The van der Waals surface area contributed by atoms with Crippen molar-refractivity contribution < 1.29 is 83.9 Å². The summed E-state index contributed by atoms with van der Waals surface area (Å²) in [7, 11) is 0. The van der Waals surface area contributed by atoms with E-state index < -0.39 is 111 Å². The molecule has 3 saturated carbocycles. The molecule has 4 aliphatic carbocycles. The van der Waals surface area contributed by atoms with E-state index in [0.717, 1.165) is 45.1 Å². The predicted molar refractivity (Wildman–Crippen MR) is 214 cm³/mol. The van der Waals surface area contributed by atoms with Gasteiger partial charge in [0.15, 0.2) is 24.7 Å². The Hall–Kier alpha value is -0.940. The largest absolute Gasteiger partial charge is 0.394 e. The van der Waals surface area contributed by atoms with Crippen molar-refractivity contribution in [2.75, 3.05) is 19.8 Å². The second-order valence-corrected chi connectivity index (χ2v) is 21.1. The van der Waals surface area contributed by atoms with Gasteiger partial charge in [0.1, 0.15) is 67.1 Å². The van der Waals surface area contributed by atoms with Gasteiger partial charge >= 0.3 is 0 Å². The van der Waals surface area contributed by atoms with Crippen LogP contribution in [0, 0.1) is 46.3 Å². The van der Waals surface area contributed by atoms with Crippen LogP contribution >= 0.6 is 0 Å². The summed E-state index contributed by atoms with van der Waals surface area (Å²) in [4.78, 5) is 0. The van der Waals surface area contributed by atoms with Crippen LogP contribution < -0.4 is 0 Å². The molecule has 0 bridgehead atoms. The maximum absolute atomic E-state index is 11.6. The van der Waals surface area contributed by atoms with Gasteiger partial charge < -0.3 is 83.9 Å². The normalized spacial score (nSPS) is 57.6. The molecule has 0 radical (unpaired) electrons. The molecule has 0 unspecified atom stereocenters. The number of ether oxygens (including phenoxy) is 8. The van der Waals surface area contributed by atoms with Crippen molar-refractivity contribution in [2.45, 2.75) is 203 Å². The molecule has 5 aliphatic heterocycles. The van der Waals surface area contributed by atoms with Crippen molar-refractivity contribution in [3.8, 4) is 0 Å². The average molecular weight is 885 g/mol. The Kier molecular flexibility index (Phi) is 12.9. The molecule has 354 valence electrons. The van der Waals surface area contributed by atoms with E-state index in [9.17, 15) is 46.0 Å². The van der Waals surface area contributed by atoms with Crippen molar-refractivity contribution >= 4 is 0 Å². The first-order valence-electron chi connectivity index (χ1n) is 23.4. The van der Waals surface area contributed by atoms with Crippen LogP contribution in [0.2, 0.25) is 0 Å². The molecule has 5 heterocycles. The van der Waals surface area contributed by atoms with Gasteiger partial charge in [-0.15, -0.1) is 0 Å². The summed E-state index contributed by atoms with van der Waals surface area (Å²) in [5.41, 5.74) is 1.59. The number of aliphatic hydroxyl groups excluding tert-OH is 9.